The average Bonchev–Trinajstić information content (AvgIpc) is 3.00. The first-order chi connectivity index (χ1) is 9.22. The summed E-state index contributed by atoms with van der Waals surface area (Å²) in [4.78, 5) is 14.2. The van der Waals surface area contributed by atoms with Crippen LogP contribution in [0.2, 0.25) is 0 Å². The van der Waals surface area contributed by atoms with Gasteiger partial charge in [0.2, 0.25) is 5.91 Å². The molecule has 1 N–H and O–H groups in total. The van der Waals surface area contributed by atoms with E-state index in [2.05, 4.69) is 32.8 Å². The third-order valence-corrected chi connectivity index (χ3v) is 4.28. The van der Waals surface area contributed by atoms with E-state index in [1.165, 1.54) is 29.9 Å². The van der Waals surface area contributed by atoms with Crippen LogP contribution in [0.4, 0.5) is 5.82 Å². The fourth-order valence-corrected chi connectivity index (χ4v) is 3.17. The summed E-state index contributed by atoms with van der Waals surface area (Å²) >= 11 is 1.43. The standard InChI is InChI=1S/C14H17N3OS/c1-10-4-5-12-11(8-10)14(16-19-12)15-13(18)9-17-6-2-3-7-17/h4-5,8H,2-3,6-7,9H2,1H3,(H,15,16,18). The minimum Gasteiger partial charge on any atom is -0.308 e. The van der Waals surface area contributed by atoms with E-state index in [-0.39, 0.29) is 5.91 Å². The van der Waals surface area contributed by atoms with Crippen molar-refractivity contribution >= 4 is 33.3 Å². The van der Waals surface area contributed by atoms with E-state index in [1.54, 1.807) is 0 Å². The molecule has 0 radical (unpaired) electrons. The van der Waals surface area contributed by atoms with Crippen molar-refractivity contribution in [3.05, 3.63) is 23.8 Å². The Morgan fingerprint density at radius 3 is 3.00 bits per heavy atom. The molecule has 19 heavy (non-hydrogen) atoms. The van der Waals surface area contributed by atoms with Gasteiger partial charge in [-0.3, -0.25) is 9.69 Å². The highest BCUT2D eigenvalue weighted by Crippen LogP contribution is 2.27. The first kappa shape index (κ1) is 12.6. The van der Waals surface area contributed by atoms with E-state index in [4.69, 9.17) is 0 Å². The molecular weight excluding hydrogens is 258 g/mol. The minimum absolute atomic E-state index is 0.0376. The van der Waals surface area contributed by atoms with Gasteiger partial charge in [-0.1, -0.05) is 11.6 Å². The molecule has 5 heteroatoms. The molecule has 1 aliphatic heterocycles. The first-order valence-electron chi connectivity index (χ1n) is 6.60. The molecular formula is C14H17N3OS. The van der Waals surface area contributed by atoms with Crippen LogP contribution in [0.3, 0.4) is 0 Å². The molecule has 1 aliphatic rings. The zero-order chi connectivity index (χ0) is 13.2. The van der Waals surface area contributed by atoms with Crippen LogP contribution in [0.1, 0.15) is 18.4 Å². The van der Waals surface area contributed by atoms with Gasteiger partial charge in [-0.25, -0.2) is 0 Å². The van der Waals surface area contributed by atoms with Gasteiger partial charge in [0.25, 0.3) is 0 Å². The second-order valence-electron chi connectivity index (χ2n) is 5.06. The van der Waals surface area contributed by atoms with Gasteiger partial charge < -0.3 is 5.32 Å². The minimum atomic E-state index is 0.0376. The topological polar surface area (TPSA) is 45.2 Å². The summed E-state index contributed by atoms with van der Waals surface area (Å²) in [5, 5.41) is 3.98. The van der Waals surface area contributed by atoms with Crippen molar-refractivity contribution in [2.45, 2.75) is 19.8 Å². The number of nitrogens with zero attached hydrogens (tertiary/aromatic N) is 2. The quantitative estimate of drug-likeness (QED) is 0.936. The number of amides is 1. The maximum Gasteiger partial charge on any atom is 0.239 e. The lowest BCUT2D eigenvalue weighted by Gasteiger charge is -2.13. The molecule has 2 aromatic rings. The van der Waals surface area contributed by atoms with Crippen molar-refractivity contribution in [2.24, 2.45) is 0 Å². The second-order valence-corrected chi connectivity index (χ2v) is 5.87. The van der Waals surface area contributed by atoms with E-state index in [0.717, 1.165) is 23.2 Å². The SMILES string of the molecule is Cc1ccc2snc(NC(=O)CN3CCCC3)c2c1. The molecule has 3 rings (SSSR count). The van der Waals surface area contributed by atoms with Crippen molar-refractivity contribution in [1.29, 1.82) is 0 Å². The lowest BCUT2D eigenvalue weighted by Crippen LogP contribution is -2.30. The van der Waals surface area contributed by atoms with E-state index >= 15 is 0 Å². The fraction of sp³-hybridized carbons (Fsp3) is 0.429. The summed E-state index contributed by atoms with van der Waals surface area (Å²) in [6, 6.07) is 6.19. The van der Waals surface area contributed by atoms with Gasteiger partial charge in [-0.2, -0.15) is 4.37 Å². The van der Waals surface area contributed by atoms with Crippen LogP contribution < -0.4 is 5.32 Å². The third kappa shape index (κ3) is 2.77. The Bertz CT molecular complexity index is 602. The van der Waals surface area contributed by atoms with Gasteiger partial charge in [-0.15, -0.1) is 0 Å². The van der Waals surface area contributed by atoms with E-state index in [1.807, 2.05) is 6.92 Å². The Morgan fingerprint density at radius 2 is 2.21 bits per heavy atom. The number of aryl methyl sites for hydroxylation is 1. The van der Waals surface area contributed by atoms with Crippen LogP contribution in [-0.4, -0.2) is 34.8 Å². The molecule has 1 aromatic carbocycles. The highest BCUT2D eigenvalue weighted by Gasteiger charge is 2.16. The number of fused-ring (bicyclic) bond motifs is 1. The first-order valence-corrected chi connectivity index (χ1v) is 7.38. The Kier molecular flexibility index (Phi) is 3.48. The number of carbonyl (C=O) groups is 1. The monoisotopic (exact) mass is 275 g/mol. The van der Waals surface area contributed by atoms with Gasteiger partial charge in [-0.05, 0) is 56.5 Å². The Morgan fingerprint density at radius 1 is 1.42 bits per heavy atom. The van der Waals surface area contributed by atoms with E-state index in [0.29, 0.717) is 12.4 Å². The number of rotatable bonds is 3. The fourth-order valence-electron chi connectivity index (χ4n) is 2.46. The number of carbonyl (C=O) groups excluding carboxylic acids is 1. The summed E-state index contributed by atoms with van der Waals surface area (Å²) in [5.41, 5.74) is 1.18. The van der Waals surface area contributed by atoms with Crippen molar-refractivity contribution in [3.8, 4) is 0 Å². The van der Waals surface area contributed by atoms with Crippen LogP contribution in [0, 0.1) is 6.92 Å². The van der Waals surface area contributed by atoms with Crippen LogP contribution in [-0.2, 0) is 4.79 Å². The predicted octanol–water partition coefficient (Wildman–Crippen LogP) is 2.64. The maximum atomic E-state index is 12.0. The molecule has 0 spiro atoms. The number of hydrogen-bond acceptors (Lipinski definition) is 4. The molecule has 0 saturated carbocycles. The smallest absolute Gasteiger partial charge is 0.239 e. The van der Waals surface area contributed by atoms with Crippen molar-refractivity contribution in [1.82, 2.24) is 9.27 Å². The lowest BCUT2D eigenvalue weighted by molar-refractivity contribution is -0.117. The highest BCUT2D eigenvalue weighted by atomic mass is 32.1. The van der Waals surface area contributed by atoms with Gasteiger partial charge in [0.05, 0.1) is 11.2 Å². The third-order valence-electron chi connectivity index (χ3n) is 3.45. The van der Waals surface area contributed by atoms with Crippen molar-refractivity contribution in [3.63, 3.8) is 0 Å². The second kappa shape index (κ2) is 5.27. The van der Waals surface area contributed by atoms with Crippen molar-refractivity contribution < 1.29 is 4.79 Å². The highest BCUT2D eigenvalue weighted by molar-refractivity contribution is 7.13. The summed E-state index contributed by atoms with van der Waals surface area (Å²) in [6.07, 6.45) is 2.40. The van der Waals surface area contributed by atoms with Crippen molar-refractivity contribution in [2.75, 3.05) is 25.0 Å². The molecule has 1 fully saturated rings. The number of aromatic nitrogens is 1. The summed E-state index contributed by atoms with van der Waals surface area (Å²) < 4.78 is 5.46. The predicted molar refractivity (Wildman–Crippen MR) is 78.7 cm³/mol. The number of benzene rings is 1. The molecule has 1 aromatic heterocycles. The van der Waals surface area contributed by atoms with E-state index in [9.17, 15) is 4.79 Å². The van der Waals surface area contributed by atoms with E-state index < -0.39 is 0 Å². The van der Waals surface area contributed by atoms with Crippen LogP contribution in [0.15, 0.2) is 18.2 Å². The Labute approximate surface area is 116 Å². The summed E-state index contributed by atoms with van der Waals surface area (Å²) in [6.45, 7) is 4.59. The molecule has 2 heterocycles. The van der Waals surface area contributed by atoms with Gasteiger partial charge in [0.1, 0.15) is 0 Å². The Hall–Kier alpha value is -1.46. The normalized spacial score (nSPS) is 16.1. The largest absolute Gasteiger partial charge is 0.308 e. The molecule has 0 unspecified atom stereocenters. The molecule has 1 saturated heterocycles. The summed E-state index contributed by atoms with van der Waals surface area (Å²) in [5.74, 6) is 0.739. The number of anilines is 1. The molecule has 0 atom stereocenters. The molecule has 100 valence electrons. The average molecular weight is 275 g/mol. The lowest BCUT2D eigenvalue weighted by atomic mass is 10.2. The molecule has 0 bridgehead atoms. The number of hydrogen-bond donors (Lipinski definition) is 1. The molecule has 4 nitrogen and oxygen atoms in total. The van der Waals surface area contributed by atoms with Gasteiger partial charge >= 0.3 is 0 Å². The summed E-state index contributed by atoms with van der Waals surface area (Å²) in [7, 11) is 0. The maximum absolute atomic E-state index is 12.0. The Balaban J connectivity index is 1.73. The van der Waals surface area contributed by atoms with Crippen LogP contribution in [0.5, 0.6) is 0 Å². The zero-order valence-corrected chi connectivity index (χ0v) is 11.8. The number of likely N-dealkylation sites (tertiary alicyclic amines) is 1. The number of nitrogens with one attached hydrogen (secondary N) is 1. The zero-order valence-electron chi connectivity index (χ0n) is 11.0. The molecule has 1 amide bonds. The molecule has 0 aliphatic carbocycles. The van der Waals surface area contributed by atoms with Crippen LogP contribution in [0.25, 0.3) is 10.1 Å². The van der Waals surface area contributed by atoms with Gasteiger partial charge in [0, 0.05) is 5.39 Å². The van der Waals surface area contributed by atoms with Gasteiger partial charge in [0.15, 0.2) is 5.82 Å². The van der Waals surface area contributed by atoms with Crippen LogP contribution >= 0.6 is 11.5 Å².